The van der Waals surface area contributed by atoms with Crippen molar-refractivity contribution < 1.29 is 0 Å². The van der Waals surface area contributed by atoms with Gasteiger partial charge in [-0.1, -0.05) is 6.92 Å². The van der Waals surface area contributed by atoms with Gasteiger partial charge in [-0.25, -0.2) is 9.97 Å². The van der Waals surface area contributed by atoms with Crippen LogP contribution in [0.2, 0.25) is 0 Å². The van der Waals surface area contributed by atoms with Gasteiger partial charge in [0.2, 0.25) is 5.95 Å². The second kappa shape index (κ2) is 5.00. The van der Waals surface area contributed by atoms with Gasteiger partial charge in [0, 0.05) is 32.0 Å². The molecule has 0 spiro atoms. The van der Waals surface area contributed by atoms with E-state index in [9.17, 15) is 0 Å². The van der Waals surface area contributed by atoms with E-state index in [1.165, 1.54) is 6.42 Å². The minimum atomic E-state index is 0.162. The summed E-state index contributed by atoms with van der Waals surface area (Å²) in [7, 11) is 2.06. The molecular weight excluding hydrogens is 212 g/mol. The lowest BCUT2D eigenvalue weighted by molar-refractivity contribution is 0.705. The van der Waals surface area contributed by atoms with E-state index < -0.39 is 0 Å². The zero-order valence-electron chi connectivity index (χ0n) is 10.9. The van der Waals surface area contributed by atoms with Gasteiger partial charge >= 0.3 is 0 Å². The van der Waals surface area contributed by atoms with Gasteiger partial charge in [0.25, 0.3) is 0 Å². The summed E-state index contributed by atoms with van der Waals surface area (Å²) in [4.78, 5) is 10.9. The van der Waals surface area contributed by atoms with Gasteiger partial charge in [-0.2, -0.15) is 0 Å². The molecule has 0 aromatic carbocycles. The lowest BCUT2D eigenvalue weighted by atomic mass is 10.1. The van der Waals surface area contributed by atoms with E-state index in [1.807, 2.05) is 19.3 Å². The number of anilines is 1. The molecule has 0 saturated heterocycles. The van der Waals surface area contributed by atoms with Crippen molar-refractivity contribution in [3.05, 3.63) is 18.0 Å². The van der Waals surface area contributed by atoms with Crippen LogP contribution >= 0.6 is 0 Å². The Bertz CT molecular complexity index is 360. The van der Waals surface area contributed by atoms with Crippen LogP contribution in [0.15, 0.2) is 12.4 Å². The number of rotatable bonds is 5. The van der Waals surface area contributed by atoms with Crippen LogP contribution in [-0.4, -0.2) is 29.6 Å². The summed E-state index contributed by atoms with van der Waals surface area (Å²) < 4.78 is 0. The Kier molecular flexibility index (Phi) is 3.62. The van der Waals surface area contributed by atoms with Crippen LogP contribution in [0.5, 0.6) is 0 Å². The second-order valence-electron chi connectivity index (χ2n) is 5.43. The topological polar surface area (TPSA) is 55.0 Å². The first-order chi connectivity index (χ1) is 8.06. The third kappa shape index (κ3) is 3.40. The first-order valence-electron chi connectivity index (χ1n) is 6.34. The predicted octanol–water partition coefficient (Wildman–Crippen LogP) is 1.46. The summed E-state index contributed by atoms with van der Waals surface area (Å²) in [5.41, 5.74) is 6.85. The summed E-state index contributed by atoms with van der Waals surface area (Å²) in [5, 5.41) is 0. The highest BCUT2D eigenvalue weighted by atomic mass is 15.2. The van der Waals surface area contributed by atoms with E-state index in [4.69, 9.17) is 5.73 Å². The third-order valence-corrected chi connectivity index (χ3v) is 3.38. The van der Waals surface area contributed by atoms with Gasteiger partial charge in [0.1, 0.15) is 0 Å². The van der Waals surface area contributed by atoms with E-state index in [1.54, 1.807) is 0 Å². The zero-order chi connectivity index (χ0) is 12.4. The standard InChI is InChI=1S/C13H22N4/c1-9-4-12(9)8-17(3)13-15-6-11(7-16-13)5-10(2)14/h6-7,9-10,12H,4-5,8,14H2,1-3H3. The van der Waals surface area contributed by atoms with Crippen LogP contribution in [0, 0.1) is 11.8 Å². The van der Waals surface area contributed by atoms with E-state index in [0.29, 0.717) is 0 Å². The number of nitrogens with two attached hydrogens (primary N) is 1. The molecule has 94 valence electrons. The first kappa shape index (κ1) is 12.3. The van der Waals surface area contributed by atoms with Crippen molar-refractivity contribution >= 4 is 5.95 Å². The Labute approximate surface area is 103 Å². The van der Waals surface area contributed by atoms with Gasteiger partial charge in [0.05, 0.1) is 0 Å². The van der Waals surface area contributed by atoms with Crippen molar-refractivity contribution in [2.45, 2.75) is 32.7 Å². The molecule has 1 aliphatic carbocycles. The molecule has 1 heterocycles. The molecule has 0 aliphatic heterocycles. The van der Waals surface area contributed by atoms with Crippen molar-refractivity contribution in [2.24, 2.45) is 17.6 Å². The van der Waals surface area contributed by atoms with Gasteiger partial charge in [0.15, 0.2) is 0 Å². The second-order valence-corrected chi connectivity index (χ2v) is 5.43. The van der Waals surface area contributed by atoms with E-state index >= 15 is 0 Å². The Morgan fingerprint density at radius 2 is 2.06 bits per heavy atom. The maximum atomic E-state index is 5.75. The smallest absolute Gasteiger partial charge is 0.225 e. The Hall–Kier alpha value is -1.16. The van der Waals surface area contributed by atoms with Crippen molar-refractivity contribution in [3.8, 4) is 0 Å². The fraction of sp³-hybridized carbons (Fsp3) is 0.692. The molecule has 1 aromatic rings. The molecule has 17 heavy (non-hydrogen) atoms. The average Bonchev–Trinajstić information content (AvgIpc) is 2.94. The van der Waals surface area contributed by atoms with E-state index in [-0.39, 0.29) is 6.04 Å². The zero-order valence-corrected chi connectivity index (χ0v) is 10.9. The summed E-state index contributed by atoms with van der Waals surface area (Å²) in [6, 6.07) is 0.162. The number of aromatic nitrogens is 2. The van der Waals surface area contributed by atoms with E-state index in [2.05, 4.69) is 28.8 Å². The average molecular weight is 234 g/mol. The quantitative estimate of drug-likeness (QED) is 0.838. The molecule has 4 heteroatoms. The number of nitrogens with zero attached hydrogens (tertiary/aromatic N) is 3. The molecule has 2 rings (SSSR count). The predicted molar refractivity (Wildman–Crippen MR) is 69.9 cm³/mol. The summed E-state index contributed by atoms with van der Waals surface area (Å²) in [5.74, 6) is 2.51. The monoisotopic (exact) mass is 234 g/mol. The largest absolute Gasteiger partial charge is 0.344 e. The molecule has 1 aliphatic rings. The molecule has 0 amide bonds. The Morgan fingerprint density at radius 1 is 1.47 bits per heavy atom. The van der Waals surface area contributed by atoms with Crippen LogP contribution in [0.4, 0.5) is 5.95 Å². The third-order valence-electron chi connectivity index (χ3n) is 3.38. The maximum Gasteiger partial charge on any atom is 0.225 e. The highest BCUT2D eigenvalue weighted by Gasteiger charge is 2.33. The van der Waals surface area contributed by atoms with E-state index in [0.717, 1.165) is 36.3 Å². The van der Waals surface area contributed by atoms with Crippen molar-refractivity contribution in [3.63, 3.8) is 0 Å². The highest BCUT2D eigenvalue weighted by Crippen LogP contribution is 2.38. The van der Waals surface area contributed by atoms with Crippen LogP contribution in [-0.2, 0) is 6.42 Å². The Balaban J connectivity index is 1.92. The highest BCUT2D eigenvalue weighted by molar-refractivity contribution is 5.29. The minimum absolute atomic E-state index is 0.162. The van der Waals surface area contributed by atoms with Crippen molar-refractivity contribution in [2.75, 3.05) is 18.5 Å². The summed E-state index contributed by atoms with van der Waals surface area (Å²) in [6.45, 7) is 5.35. The molecule has 1 fully saturated rings. The normalized spacial score (nSPS) is 24.5. The van der Waals surface area contributed by atoms with Crippen molar-refractivity contribution in [1.29, 1.82) is 0 Å². The van der Waals surface area contributed by atoms with Crippen LogP contribution in [0.3, 0.4) is 0 Å². The van der Waals surface area contributed by atoms with Crippen molar-refractivity contribution in [1.82, 2.24) is 9.97 Å². The van der Waals surface area contributed by atoms with Crippen LogP contribution in [0.1, 0.15) is 25.8 Å². The minimum Gasteiger partial charge on any atom is -0.344 e. The Morgan fingerprint density at radius 3 is 2.53 bits per heavy atom. The molecule has 4 nitrogen and oxygen atoms in total. The summed E-state index contributed by atoms with van der Waals surface area (Å²) in [6.07, 6.45) is 5.95. The molecule has 3 atom stereocenters. The molecular formula is C13H22N4. The lowest BCUT2D eigenvalue weighted by Gasteiger charge is -2.16. The number of hydrogen-bond donors (Lipinski definition) is 1. The molecule has 1 aromatic heterocycles. The molecule has 2 N–H and O–H groups in total. The van der Waals surface area contributed by atoms with Gasteiger partial charge in [-0.05, 0) is 37.2 Å². The van der Waals surface area contributed by atoms with Gasteiger partial charge in [-0.3, -0.25) is 0 Å². The van der Waals surface area contributed by atoms with Gasteiger partial charge < -0.3 is 10.6 Å². The fourth-order valence-corrected chi connectivity index (χ4v) is 2.11. The lowest BCUT2D eigenvalue weighted by Crippen LogP contribution is -2.23. The number of hydrogen-bond acceptors (Lipinski definition) is 4. The van der Waals surface area contributed by atoms with Crippen LogP contribution < -0.4 is 10.6 Å². The fourth-order valence-electron chi connectivity index (χ4n) is 2.11. The molecule has 1 saturated carbocycles. The molecule has 3 unspecified atom stereocenters. The summed E-state index contributed by atoms with van der Waals surface area (Å²) >= 11 is 0. The SMILES string of the molecule is CC(N)Cc1cnc(N(C)CC2CC2C)nc1. The maximum absolute atomic E-state index is 5.75. The van der Waals surface area contributed by atoms with Gasteiger partial charge in [-0.15, -0.1) is 0 Å². The molecule has 0 bridgehead atoms. The first-order valence-corrected chi connectivity index (χ1v) is 6.34. The van der Waals surface area contributed by atoms with Crippen LogP contribution in [0.25, 0.3) is 0 Å². The molecule has 0 radical (unpaired) electrons.